The molecule has 104 valence electrons. The van der Waals surface area contributed by atoms with Gasteiger partial charge in [-0.05, 0) is 49.4 Å². The predicted octanol–water partition coefficient (Wildman–Crippen LogP) is 2.54. The Hall–Kier alpha value is -1.92. The number of hydrogen-bond acceptors (Lipinski definition) is 5. The minimum Gasteiger partial charge on any atom is -0.497 e. The Bertz CT molecular complexity index is 666. The Morgan fingerprint density at radius 3 is 2.85 bits per heavy atom. The zero-order chi connectivity index (χ0) is 13.9. The van der Waals surface area contributed by atoms with Crippen molar-refractivity contribution in [3.63, 3.8) is 0 Å². The number of nitrogens with zero attached hydrogens (tertiary/aromatic N) is 1. The summed E-state index contributed by atoms with van der Waals surface area (Å²) >= 11 is 5.19. The third kappa shape index (κ3) is 2.66. The Morgan fingerprint density at radius 1 is 1.30 bits per heavy atom. The first kappa shape index (κ1) is 13.1. The van der Waals surface area contributed by atoms with Gasteiger partial charge in [0.15, 0.2) is 4.77 Å². The van der Waals surface area contributed by atoms with Crippen molar-refractivity contribution in [2.75, 3.05) is 19.0 Å². The average molecular weight is 288 g/mol. The highest BCUT2D eigenvalue weighted by Gasteiger charge is 2.15. The van der Waals surface area contributed by atoms with Gasteiger partial charge in [0.1, 0.15) is 11.6 Å². The van der Waals surface area contributed by atoms with E-state index in [1.807, 2.05) is 24.3 Å². The molecule has 0 amide bonds. The number of anilines is 2. The lowest BCUT2D eigenvalue weighted by Gasteiger charge is -2.20. The quantitative estimate of drug-likeness (QED) is 0.758. The summed E-state index contributed by atoms with van der Waals surface area (Å²) in [6.07, 6.45) is 0.937. The summed E-state index contributed by atoms with van der Waals surface area (Å²) in [6.45, 7) is 1.76. The number of hydrogen-bond donors (Lipinski definition) is 3. The van der Waals surface area contributed by atoms with Gasteiger partial charge in [-0.15, -0.1) is 0 Å². The molecule has 0 radical (unpaired) electrons. The van der Waals surface area contributed by atoms with E-state index in [1.165, 1.54) is 5.56 Å². The number of nitrogens with one attached hydrogen (secondary N) is 3. The lowest BCUT2D eigenvalue weighted by Crippen LogP contribution is -2.26. The largest absolute Gasteiger partial charge is 0.497 e. The highest BCUT2D eigenvalue weighted by Crippen LogP contribution is 2.24. The van der Waals surface area contributed by atoms with E-state index in [0.29, 0.717) is 4.77 Å². The minimum atomic E-state index is 0.503. The van der Waals surface area contributed by atoms with Gasteiger partial charge >= 0.3 is 0 Å². The van der Waals surface area contributed by atoms with E-state index in [1.54, 1.807) is 7.11 Å². The number of benzene rings is 1. The fraction of sp³-hybridized carbons (Fsp3) is 0.286. The Labute approximate surface area is 122 Å². The van der Waals surface area contributed by atoms with E-state index in [9.17, 15) is 0 Å². The molecule has 2 heterocycles. The van der Waals surface area contributed by atoms with Gasteiger partial charge in [0.2, 0.25) is 0 Å². The first-order valence-electron chi connectivity index (χ1n) is 6.50. The Morgan fingerprint density at radius 2 is 2.10 bits per heavy atom. The van der Waals surface area contributed by atoms with Crippen LogP contribution in [-0.2, 0) is 13.0 Å². The number of aromatic amines is 1. The fourth-order valence-electron chi connectivity index (χ4n) is 2.31. The zero-order valence-electron chi connectivity index (χ0n) is 11.2. The van der Waals surface area contributed by atoms with Gasteiger partial charge in [0.25, 0.3) is 0 Å². The van der Waals surface area contributed by atoms with Crippen LogP contribution in [-0.4, -0.2) is 23.6 Å². The monoisotopic (exact) mass is 288 g/mol. The molecule has 6 heteroatoms. The lowest BCUT2D eigenvalue weighted by molar-refractivity contribution is 0.415. The molecule has 0 saturated carbocycles. The van der Waals surface area contributed by atoms with Crippen LogP contribution >= 0.6 is 12.2 Å². The summed E-state index contributed by atoms with van der Waals surface area (Å²) in [5.74, 6) is 1.68. The molecule has 0 aliphatic carbocycles. The van der Waals surface area contributed by atoms with E-state index in [0.717, 1.165) is 42.5 Å². The molecule has 1 aliphatic heterocycles. The fourth-order valence-corrected chi connectivity index (χ4v) is 2.52. The Balaban J connectivity index is 1.93. The van der Waals surface area contributed by atoms with Crippen molar-refractivity contribution in [2.45, 2.75) is 13.0 Å². The van der Waals surface area contributed by atoms with Crippen molar-refractivity contribution in [3.8, 4) is 5.75 Å². The molecule has 1 aliphatic rings. The molecule has 0 atom stereocenters. The second-order valence-corrected chi connectivity index (χ2v) is 5.01. The smallest absolute Gasteiger partial charge is 0.199 e. The van der Waals surface area contributed by atoms with Crippen molar-refractivity contribution in [3.05, 3.63) is 40.3 Å². The normalized spacial score (nSPS) is 13.7. The van der Waals surface area contributed by atoms with Crippen molar-refractivity contribution in [2.24, 2.45) is 0 Å². The maximum atomic E-state index is 5.19. The Kier molecular flexibility index (Phi) is 3.66. The van der Waals surface area contributed by atoms with Gasteiger partial charge in [-0.1, -0.05) is 0 Å². The molecule has 1 aromatic carbocycles. The third-order valence-electron chi connectivity index (χ3n) is 3.33. The van der Waals surface area contributed by atoms with Crippen LogP contribution in [0.1, 0.15) is 11.3 Å². The molecule has 2 aromatic rings. The third-order valence-corrected chi connectivity index (χ3v) is 3.52. The number of aromatic nitrogens is 2. The van der Waals surface area contributed by atoms with Crippen LogP contribution in [0.2, 0.25) is 0 Å². The molecule has 1 aromatic heterocycles. The zero-order valence-corrected chi connectivity index (χ0v) is 12.0. The van der Waals surface area contributed by atoms with E-state index >= 15 is 0 Å². The maximum Gasteiger partial charge on any atom is 0.199 e. The minimum absolute atomic E-state index is 0.503. The molecule has 0 unspecified atom stereocenters. The number of methoxy groups -OCH3 is 1. The number of ether oxygens (including phenoxy) is 1. The van der Waals surface area contributed by atoms with Crippen LogP contribution in [0.4, 0.5) is 11.5 Å². The van der Waals surface area contributed by atoms with Crippen molar-refractivity contribution < 1.29 is 4.74 Å². The second kappa shape index (κ2) is 5.60. The molecule has 0 bridgehead atoms. The molecule has 0 saturated heterocycles. The van der Waals surface area contributed by atoms with Crippen LogP contribution in [0.5, 0.6) is 5.75 Å². The molecule has 20 heavy (non-hydrogen) atoms. The summed E-state index contributed by atoms with van der Waals surface area (Å²) in [5.41, 5.74) is 3.29. The first-order chi connectivity index (χ1) is 9.76. The highest BCUT2D eigenvalue weighted by atomic mass is 32.1. The molecule has 0 fully saturated rings. The summed E-state index contributed by atoms with van der Waals surface area (Å²) in [7, 11) is 1.66. The summed E-state index contributed by atoms with van der Waals surface area (Å²) in [5, 5.41) is 6.67. The highest BCUT2D eigenvalue weighted by molar-refractivity contribution is 7.71. The van der Waals surface area contributed by atoms with Crippen LogP contribution in [0.15, 0.2) is 24.3 Å². The van der Waals surface area contributed by atoms with Crippen LogP contribution in [0.25, 0.3) is 0 Å². The standard InChI is InChI=1S/C14H16N4OS/c1-19-10-4-2-9(3-5-10)16-13-11-6-7-15-8-12(11)17-14(20)18-13/h2-5,15H,6-8H2,1H3,(H2,16,17,18,20). The van der Waals surface area contributed by atoms with Crippen LogP contribution < -0.4 is 15.4 Å². The number of fused-ring (bicyclic) bond motifs is 1. The van der Waals surface area contributed by atoms with Crippen molar-refractivity contribution >= 4 is 23.7 Å². The lowest BCUT2D eigenvalue weighted by atomic mass is 10.1. The number of rotatable bonds is 3. The average Bonchev–Trinajstić information content (AvgIpc) is 2.48. The van der Waals surface area contributed by atoms with E-state index < -0.39 is 0 Å². The molecule has 3 rings (SSSR count). The first-order valence-corrected chi connectivity index (χ1v) is 6.91. The molecular weight excluding hydrogens is 272 g/mol. The van der Waals surface area contributed by atoms with Gasteiger partial charge in [0.05, 0.1) is 7.11 Å². The summed E-state index contributed by atoms with van der Waals surface area (Å²) < 4.78 is 5.66. The van der Waals surface area contributed by atoms with Crippen molar-refractivity contribution in [1.82, 2.24) is 15.3 Å². The SMILES string of the molecule is COc1ccc(Nc2nc(=S)[nH]c3c2CCNC3)cc1. The van der Waals surface area contributed by atoms with Gasteiger partial charge in [-0.2, -0.15) is 0 Å². The summed E-state index contributed by atoms with van der Waals surface area (Å²) in [6, 6.07) is 7.77. The van der Waals surface area contributed by atoms with Gasteiger partial charge in [0, 0.05) is 23.5 Å². The molecule has 3 N–H and O–H groups in total. The maximum absolute atomic E-state index is 5.19. The van der Waals surface area contributed by atoms with E-state index in [-0.39, 0.29) is 0 Å². The second-order valence-electron chi connectivity index (χ2n) is 4.63. The van der Waals surface area contributed by atoms with E-state index in [4.69, 9.17) is 17.0 Å². The van der Waals surface area contributed by atoms with Crippen LogP contribution in [0.3, 0.4) is 0 Å². The van der Waals surface area contributed by atoms with Gasteiger partial charge in [-0.25, -0.2) is 4.98 Å². The molecule has 5 nitrogen and oxygen atoms in total. The molecule has 0 spiro atoms. The van der Waals surface area contributed by atoms with Crippen LogP contribution in [0, 0.1) is 4.77 Å². The topological polar surface area (TPSA) is 62.0 Å². The predicted molar refractivity (Wildman–Crippen MR) is 81.1 cm³/mol. The van der Waals surface area contributed by atoms with Gasteiger partial charge < -0.3 is 20.4 Å². The summed E-state index contributed by atoms with van der Waals surface area (Å²) in [4.78, 5) is 7.57. The molecular formula is C14H16N4OS. The van der Waals surface area contributed by atoms with E-state index in [2.05, 4.69) is 20.6 Å². The van der Waals surface area contributed by atoms with Crippen molar-refractivity contribution in [1.29, 1.82) is 0 Å². The van der Waals surface area contributed by atoms with Gasteiger partial charge in [-0.3, -0.25) is 0 Å². The number of H-pyrrole nitrogens is 1.